The summed E-state index contributed by atoms with van der Waals surface area (Å²) in [4.78, 5) is 14.4. The highest BCUT2D eigenvalue weighted by molar-refractivity contribution is 6.31. The first kappa shape index (κ1) is 17.3. The van der Waals surface area contributed by atoms with Gasteiger partial charge in [0.05, 0.1) is 23.3 Å². The van der Waals surface area contributed by atoms with Crippen molar-refractivity contribution in [3.05, 3.63) is 39.9 Å². The summed E-state index contributed by atoms with van der Waals surface area (Å²) in [6.45, 7) is 0. The van der Waals surface area contributed by atoms with Crippen molar-refractivity contribution in [1.29, 1.82) is 0 Å². The maximum absolute atomic E-state index is 13.1. The number of rotatable bonds is 2. The number of nitrogens with zero attached hydrogens (tertiary/aromatic N) is 1. The third-order valence-corrected chi connectivity index (χ3v) is 5.29. The van der Waals surface area contributed by atoms with Gasteiger partial charge in [-0.05, 0) is 49.6 Å². The molecule has 0 spiro atoms. The Kier molecular flexibility index (Phi) is 4.38. The van der Waals surface area contributed by atoms with E-state index in [9.17, 15) is 18.0 Å². The lowest BCUT2D eigenvalue weighted by molar-refractivity contribution is -0.138. The molecule has 0 aliphatic carbocycles. The molecule has 2 atom stereocenters. The lowest BCUT2D eigenvalue weighted by Gasteiger charge is -2.34. The first-order chi connectivity index (χ1) is 11.2. The van der Waals surface area contributed by atoms with Gasteiger partial charge in [-0.3, -0.25) is 4.90 Å². The number of carbonyl (C=O) groups excluding carboxylic acids is 1. The number of benzene rings is 1. The van der Waals surface area contributed by atoms with Crippen molar-refractivity contribution in [2.45, 2.75) is 37.5 Å². The number of fused-ring (bicyclic) bond motifs is 2. The van der Waals surface area contributed by atoms with Gasteiger partial charge in [-0.15, -0.1) is 0 Å². The van der Waals surface area contributed by atoms with E-state index in [4.69, 9.17) is 16.3 Å². The molecular formula is C17H17ClF3NO2. The summed E-state index contributed by atoms with van der Waals surface area (Å²) in [5, 5.41) is -0.345. The fourth-order valence-corrected chi connectivity index (χ4v) is 3.95. The Balaban J connectivity index is 2.15. The minimum Gasteiger partial charge on any atom is -0.466 e. The normalized spacial score (nSPS) is 24.4. The first-order valence-electron chi connectivity index (χ1n) is 7.64. The molecule has 0 saturated carbocycles. The smallest absolute Gasteiger partial charge is 0.417 e. The lowest BCUT2D eigenvalue weighted by atomic mass is 9.88. The topological polar surface area (TPSA) is 29.5 Å². The molecule has 1 saturated heterocycles. The molecule has 1 fully saturated rings. The number of ether oxygens (including phenoxy) is 1. The van der Waals surface area contributed by atoms with Crippen molar-refractivity contribution >= 4 is 23.1 Å². The van der Waals surface area contributed by atoms with Crippen LogP contribution in [-0.2, 0) is 15.7 Å². The van der Waals surface area contributed by atoms with Gasteiger partial charge in [0.1, 0.15) is 0 Å². The summed E-state index contributed by atoms with van der Waals surface area (Å²) in [7, 11) is 3.22. The van der Waals surface area contributed by atoms with Crippen LogP contribution in [0.3, 0.4) is 0 Å². The third-order valence-electron chi connectivity index (χ3n) is 4.96. The molecule has 0 N–H and O–H groups in total. The fourth-order valence-electron chi connectivity index (χ4n) is 3.73. The zero-order valence-electron chi connectivity index (χ0n) is 13.3. The molecule has 0 aromatic heterocycles. The summed E-state index contributed by atoms with van der Waals surface area (Å²) < 4.78 is 44.3. The molecule has 2 aliphatic heterocycles. The van der Waals surface area contributed by atoms with Crippen molar-refractivity contribution in [3.63, 3.8) is 0 Å². The van der Waals surface area contributed by atoms with Gasteiger partial charge in [0.15, 0.2) is 0 Å². The van der Waals surface area contributed by atoms with Gasteiger partial charge in [0, 0.05) is 12.1 Å². The molecule has 3 rings (SSSR count). The predicted octanol–water partition coefficient (Wildman–Crippen LogP) is 4.15. The van der Waals surface area contributed by atoms with E-state index in [1.54, 1.807) is 6.07 Å². The second-order valence-electron chi connectivity index (χ2n) is 6.19. The molecule has 130 valence electrons. The van der Waals surface area contributed by atoms with Crippen molar-refractivity contribution < 1.29 is 22.7 Å². The summed E-state index contributed by atoms with van der Waals surface area (Å²) in [6.07, 6.45) is -2.31. The van der Waals surface area contributed by atoms with Gasteiger partial charge in [0.25, 0.3) is 0 Å². The van der Waals surface area contributed by atoms with Gasteiger partial charge < -0.3 is 4.74 Å². The summed E-state index contributed by atoms with van der Waals surface area (Å²) in [6, 6.07) is 3.92. The number of halogens is 4. The average molecular weight is 360 g/mol. The van der Waals surface area contributed by atoms with Crippen LogP contribution >= 0.6 is 11.6 Å². The number of hydrogen-bond acceptors (Lipinski definition) is 3. The zero-order chi connectivity index (χ0) is 17.6. The quantitative estimate of drug-likeness (QED) is 0.743. The summed E-state index contributed by atoms with van der Waals surface area (Å²) in [5.74, 6) is -0.481. The van der Waals surface area contributed by atoms with Crippen LogP contribution < -0.4 is 0 Å². The number of methoxy groups -OCH3 is 1. The van der Waals surface area contributed by atoms with Gasteiger partial charge >= 0.3 is 12.1 Å². The molecule has 1 aromatic rings. The molecule has 0 unspecified atom stereocenters. The molecule has 2 heterocycles. The number of esters is 1. The van der Waals surface area contributed by atoms with E-state index < -0.39 is 17.7 Å². The van der Waals surface area contributed by atoms with Gasteiger partial charge in [0.2, 0.25) is 0 Å². The minimum absolute atomic E-state index is 0.115. The molecule has 0 amide bonds. The van der Waals surface area contributed by atoms with E-state index in [2.05, 4.69) is 4.90 Å². The highest BCUT2D eigenvalue weighted by atomic mass is 35.5. The zero-order valence-corrected chi connectivity index (χ0v) is 14.0. The maximum Gasteiger partial charge on any atom is 0.417 e. The average Bonchev–Trinajstić information content (AvgIpc) is 2.76. The molecule has 2 bridgehead atoms. The fraction of sp³-hybridized carbons (Fsp3) is 0.471. The largest absolute Gasteiger partial charge is 0.466 e. The van der Waals surface area contributed by atoms with E-state index in [0.29, 0.717) is 23.1 Å². The van der Waals surface area contributed by atoms with E-state index >= 15 is 0 Å². The van der Waals surface area contributed by atoms with E-state index in [0.717, 1.165) is 18.9 Å². The molecule has 1 aromatic carbocycles. The SMILES string of the molecule is COC(=O)C1=C(c2ccc(Cl)c(C(F)(F)F)c2)C[C@@H]2CC[C@H]1N2C. The number of hydrogen-bond donors (Lipinski definition) is 0. The van der Waals surface area contributed by atoms with Crippen LogP contribution in [0.2, 0.25) is 5.02 Å². The predicted molar refractivity (Wildman–Crippen MR) is 84.6 cm³/mol. The molecule has 2 aliphatic rings. The first-order valence-corrected chi connectivity index (χ1v) is 8.02. The van der Waals surface area contributed by atoms with Crippen molar-refractivity contribution in [2.75, 3.05) is 14.2 Å². The van der Waals surface area contributed by atoms with E-state index in [1.807, 2.05) is 7.05 Å². The highest BCUT2D eigenvalue weighted by Gasteiger charge is 2.43. The van der Waals surface area contributed by atoms with E-state index in [1.165, 1.54) is 13.2 Å². The standard InChI is InChI=1S/C17H17ClF3NO2/c1-22-10-4-6-14(22)15(16(23)24-2)11(8-10)9-3-5-13(18)12(7-9)17(19,20)21/h3,5,7,10,14H,4,6,8H2,1-2H3/t10-,14+/m0/s1. The molecule has 3 nitrogen and oxygen atoms in total. The second kappa shape index (κ2) is 6.08. The van der Waals surface area contributed by atoms with Crippen molar-refractivity contribution in [1.82, 2.24) is 4.90 Å². The van der Waals surface area contributed by atoms with E-state index in [-0.39, 0.29) is 17.1 Å². The minimum atomic E-state index is -4.54. The Morgan fingerprint density at radius 3 is 2.67 bits per heavy atom. The van der Waals surface area contributed by atoms with Crippen molar-refractivity contribution in [2.24, 2.45) is 0 Å². The van der Waals surface area contributed by atoms with Gasteiger partial charge in [-0.2, -0.15) is 13.2 Å². The van der Waals surface area contributed by atoms with Crippen LogP contribution in [0.1, 0.15) is 30.4 Å². The summed E-state index contributed by atoms with van der Waals surface area (Å²) >= 11 is 5.70. The molecule has 0 radical (unpaired) electrons. The molecular weight excluding hydrogens is 343 g/mol. The lowest BCUT2D eigenvalue weighted by Crippen LogP contribution is -2.40. The van der Waals surface area contributed by atoms with Crippen LogP contribution in [-0.4, -0.2) is 37.1 Å². The van der Waals surface area contributed by atoms with Crippen LogP contribution in [0.25, 0.3) is 5.57 Å². The van der Waals surface area contributed by atoms with Crippen LogP contribution in [0, 0.1) is 0 Å². The number of alkyl halides is 3. The van der Waals surface area contributed by atoms with Crippen LogP contribution in [0.4, 0.5) is 13.2 Å². The van der Waals surface area contributed by atoms with Crippen LogP contribution in [0.15, 0.2) is 23.8 Å². The third kappa shape index (κ3) is 2.82. The highest BCUT2D eigenvalue weighted by Crippen LogP contribution is 2.44. The second-order valence-corrected chi connectivity index (χ2v) is 6.60. The Hall–Kier alpha value is -1.53. The van der Waals surface area contributed by atoms with Gasteiger partial charge in [-0.1, -0.05) is 17.7 Å². The Bertz CT molecular complexity index is 714. The molecule has 7 heteroatoms. The van der Waals surface area contributed by atoms with Crippen LogP contribution in [0.5, 0.6) is 0 Å². The number of carbonyl (C=O) groups is 1. The summed E-state index contributed by atoms with van der Waals surface area (Å²) in [5.41, 5.74) is 0.598. The Morgan fingerprint density at radius 2 is 2.04 bits per heavy atom. The van der Waals surface area contributed by atoms with Gasteiger partial charge in [-0.25, -0.2) is 4.79 Å². The Labute approximate surface area is 143 Å². The monoisotopic (exact) mass is 359 g/mol. The Morgan fingerprint density at radius 1 is 1.33 bits per heavy atom. The number of likely N-dealkylation sites (N-methyl/N-ethyl adjacent to an activating group) is 1. The van der Waals surface area contributed by atoms with Crippen molar-refractivity contribution in [3.8, 4) is 0 Å². The molecule has 24 heavy (non-hydrogen) atoms. The maximum atomic E-state index is 13.1.